The van der Waals surface area contributed by atoms with Crippen molar-refractivity contribution in [3.05, 3.63) is 0 Å². The molecule has 0 amide bonds. The molecular formula is C11H20O4S2. The average Bonchev–Trinajstić information content (AvgIpc) is 2.33. The normalized spacial score (nSPS) is 10.0. The lowest BCUT2D eigenvalue weighted by Crippen LogP contribution is -2.11. The first-order chi connectivity index (χ1) is 8.20. The number of esters is 2. The summed E-state index contributed by atoms with van der Waals surface area (Å²) in [6.45, 7) is 0.645. The summed E-state index contributed by atoms with van der Waals surface area (Å²) in [5.74, 6) is 1.19. The van der Waals surface area contributed by atoms with Crippen LogP contribution in [0, 0.1) is 0 Å². The molecule has 0 aromatic heterocycles. The molecule has 0 unspecified atom stereocenters. The van der Waals surface area contributed by atoms with Gasteiger partial charge in [0.15, 0.2) is 0 Å². The number of hydrogen-bond donors (Lipinski definition) is 0. The van der Waals surface area contributed by atoms with Crippen LogP contribution in [0.2, 0.25) is 0 Å². The fourth-order valence-corrected chi connectivity index (χ4v) is 1.69. The second-order valence-corrected chi connectivity index (χ2v) is 5.25. The van der Waals surface area contributed by atoms with Gasteiger partial charge in [0.2, 0.25) is 0 Å². The van der Waals surface area contributed by atoms with Gasteiger partial charge in [-0.25, -0.2) is 0 Å². The predicted molar refractivity (Wildman–Crippen MR) is 72.5 cm³/mol. The zero-order valence-electron chi connectivity index (χ0n) is 10.4. The largest absolute Gasteiger partial charge is 0.466 e. The van der Waals surface area contributed by atoms with Crippen LogP contribution in [-0.4, -0.2) is 49.2 Å². The summed E-state index contributed by atoms with van der Waals surface area (Å²) < 4.78 is 9.92. The van der Waals surface area contributed by atoms with Gasteiger partial charge in [0.1, 0.15) is 0 Å². The Hall–Kier alpha value is -0.360. The molecule has 0 aliphatic rings. The molecule has 0 aromatic rings. The summed E-state index contributed by atoms with van der Waals surface area (Å²) in [6.07, 6.45) is 5.34. The minimum atomic E-state index is -0.187. The second-order valence-electron chi connectivity index (χ2n) is 3.28. The van der Waals surface area contributed by atoms with Crippen LogP contribution in [0.25, 0.3) is 0 Å². The summed E-state index contributed by atoms with van der Waals surface area (Å²) in [5, 5.41) is 0. The molecule has 0 aliphatic carbocycles. The number of ether oxygens (including phenoxy) is 2. The smallest absolute Gasteiger partial charge is 0.306 e. The van der Waals surface area contributed by atoms with Gasteiger partial charge in [-0.15, -0.1) is 0 Å². The van der Waals surface area contributed by atoms with E-state index in [0.717, 1.165) is 11.5 Å². The quantitative estimate of drug-likeness (QED) is 0.450. The van der Waals surface area contributed by atoms with Gasteiger partial charge >= 0.3 is 11.9 Å². The van der Waals surface area contributed by atoms with Crippen molar-refractivity contribution >= 4 is 35.5 Å². The summed E-state index contributed by atoms with van der Waals surface area (Å²) in [6, 6.07) is 0. The first kappa shape index (κ1) is 16.6. The Morgan fingerprint density at radius 3 is 1.65 bits per heavy atom. The van der Waals surface area contributed by atoms with E-state index in [1.54, 1.807) is 23.5 Å². The minimum Gasteiger partial charge on any atom is -0.466 e. The highest BCUT2D eigenvalue weighted by Gasteiger charge is 2.03. The highest BCUT2D eigenvalue weighted by molar-refractivity contribution is 7.98. The van der Waals surface area contributed by atoms with Gasteiger partial charge in [-0.3, -0.25) is 9.59 Å². The number of carbonyl (C=O) groups excluding carboxylic acids is 2. The molecule has 0 atom stereocenters. The topological polar surface area (TPSA) is 52.6 Å². The summed E-state index contributed by atoms with van der Waals surface area (Å²) in [7, 11) is 0. The molecule has 0 N–H and O–H groups in total. The molecule has 0 aliphatic heterocycles. The van der Waals surface area contributed by atoms with Crippen molar-refractivity contribution in [2.24, 2.45) is 0 Å². The van der Waals surface area contributed by atoms with Crippen LogP contribution in [0.1, 0.15) is 19.3 Å². The molecule has 0 heterocycles. The average molecular weight is 280 g/mol. The third kappa shape index (κ3) is 11.9. The maximum absolute atomic E-state index is 11.1. The minimum absolute atomic E-state index is 0.187. The number of carbonyl (C=O) groups is 2. The zero-order chi connectivity index (χ0) is 12.9. The van der Waals surface area contributed by atoms with Crippen LogP contribution >= 0.6 is 23.5 Å². The number of rotatable bonds is 10. The van der Waals surface area contributed by atoms with Crippen molar-refractivity contribution in [2.45, 2.75) is 19.3 Å². The molecule has 17 heavy (non-hydrogen) atoms. The van der Waals surface area contributed by atoms with Crippen molar-refractivity contribution < 1.29 is 19.1 Å². The Morgan fingerprint density at radius 2 is 1.29 bits per heavy atom. The van der Waals surface area contributed by atoms with Gasteiger partial charge in [-0.2, -0.15) is 23.5 Å². The molecule has 0 rings (SSSR count). The van der Waals surface area contributed by atoms with Gasteiger partial charge in [-0.05, 0) is 12.5 Å². The molecule has 100 valence electrons. The van der Waals surface area contributed by atoms with E-state index in [2.05, 4.69) is 0 Å². The Bertz CT molecular complexity index is 200. The summed E-state index contributed by atoms with van der Waals surface area (Å²) >= 11 is 3.23. The van der Waals surface area contributed by atoms with E-state index in [9.17, 15) is 9.59 Å². The van der Waals surface area contributed by atoms with E-state index in [1.807, 2.05) is 12.5 Å². The van der Waals surface area contributed by atoms with Crippen LogP contribution in [0.4, 0.5) is 0 Å². The first-order valence-corrected chi connectivity index (χ1v) is 8.28. The van der Waals surface area contributed by atoms with E-state index in [4.69, 9.17) is 9.47 Å². The first-order valence-electron chi connectivity index (χ1n) is 5.49. The van der Waals surface area contributed by atoms with Crippen LogP contribution in [0.5, 0.6) is 0 Å². The van der Waals surface area contributed by atoms with Crippen LogP contribution < -0.4 is 0 Å². The van der Waals surface area contributed by atoms with Crippen molar-refractivity contribution in [1.82, 2.24) is 0 Å². The maximum Gasteiger partial charge on any atom is 0.306 e. The molecule has 0 fully saturated rings. The number of thioether (sulfide) groups is 2. The van der Waals surface area contributed by atoms with E-state index in [1.165, 1.54) is 0 Å². The van der Waals surface area contributed by atoms with Gasteiger partial charge in [0, 0.05) is 17.9 Å². The van der Waals surface area contributed by atoms with Gasteiger partial charge in [0.25, 0.3) is 0 Å². The fourth-order valence-electron chi connectivity index (χ4n) is 0.946. The van der Waals surface area contributed by atoms with Crippen LogP contribution in [0.15, 0.2) is 0 Å². The summed E-state index contributed by atoms with van der Waals surface area (Å²) in [5.41, 5.74) is 0. The monoisotopic (exact) mass is 280 g/mol. The van der Waals surface area contributed by atoms with Crippen molar-refractivity contribution in [3.63, 3.8) is 0 Å². The molecule has 0 saturated carbocycles. The van der Waals surface area contributed by atoms with E-state index in [0.29, 0.717) is 32.5 Å². The van der Waals surface area contributed by atoms with E-state index < -0.39 is 0 Å². The molecule has 0 aromatic carbocycles. The Labute approximate surface area is 111 Å². The molecule has 0 spiro atoms. The standard InChI is InChI=1S/C11H20O4S2/c1-16-8-4-10(12)14-6-3-7-15-11(13)5-9-17-2/h3-9H2,1-2H3. The molecule has 6 heteroatoms. The highest BCUT2D eigenvalue weighted by Crippen LogP contribution is 1.99. The zero-order valence-corrected chi connectivity index (χ0v) is 12.0. The SMILES string of the molecule is CSCCC(=O)OCCCOC(=O)CCSC. The Morgan fingerprint density at radius 1 is 0.882 bits per heavy atom. The summed E-state index contributed by atoms with van der Waals surface area (Å²) in [4.78, 5) is 22.2. The van der Waals surface area contributed by atoms with Crippen molar-refractivity contribution in [2.75, 3.05) is 37.2 Å². The van der Waals surface area contributed by atoms with Crippen molar-refractivity contribution in [3.8, 4) is 0 Å². The van der Waals surface area contributed by atoms with E-state index >= 15 is 0 Å². The van der Waals surface area contributed by atoms with Gasteiger partial charge in [0.05, 0.1) is 26.1 Å². The Balaban J connectivity index is 3.28. The van der Waals surface area contributed by atoms with Crippen LogP contribution in [0.3, 0.4) is 0 Å². The molecule has 0 saturated heterocycles. The third-order valence-electron chi connectivity index (χ3n) is 1.84. The van der Waals surface area contributed by atoms with Crippen molar-refractivity contribution in [1.29, 1.82) is 0 Å². The molecule has 0 bridgehead atoms. The molecule has 4 nitrogen and oxygen atoms in total. The molecular weight excluding hydrogens is 260 g/mol. The second kappa shape index (κ2) is 12.1. The van der Waals surface area contributed by atoms with Crippen LogP contribution in [-0.2, 0) is 19.1 Å². The maximum atomic E-state index is 11.1. The van der Waals surface area contributed by atoms with Gasteiger partial charge in [-0.1, -0.05) is 0 Å². The van der Waals surface area contributed by atoms with Gasteiger partial charge < -0.3 is 9.47 Å². The predicted octanol–water partition coefficient (Wildman–Crippen LogP) is 1.97. The third-order valence-corrected chi connectivity index (χ3v) is 3.06. The number of hydrogen-bond acceptors (Lipinski definition) is 6. The lowest BCUT2D eigenvalue weighted by molar-refractivity contribution is -0.145. The molecule has 0 radical (unpaired) electrons. The Kier molecular flexibility index (Phi) is 11.8. The van der Waals surface area contributed by atoms with E-state index in [-0.39, 0.29) is 11.9 Å². The fraction of sp³-hybridized carbons (Fsp3) is 0.818. The lowest BCUT2D eigenvalue weighted by atomic mass is 10.4. The lowest BCUT2D eigenvalue weighted by Gasteiger charge is -2.05. The highest BCUT2D eigenvalue weighted by atomic mass is 32.2.